The van der Waals surface area contributed by atoms with Crippen molar-refractivity contribution in [3.05, 3.63) is 120 Å². The molecular weight excluding hydrogens is 422 g/mol. The smallest absolute Gasteiger partial charge is 0.209 e. The van der Waals surface area contributed by atoms with Gasteiger partial charge in [-0.1, -0.05) is 66.7 Å². The van der Waals surface area contributed by atoms with Crippen LogP contribution >= 0.6 is 0 Å². The topological polar surface area (TPSA) is 76.2 Å². The summed E-state index contributed by atoms with van der Waals surface area (Å²) in [6.07, 6.45) is 1.70. The van der Waals surface area contributed by atoms with Gasteiger partial charge >= 0.3 is 0 Å². The van der Waals surface area contributed by atoms with Crippen molar-refractivity contribution in [3.8, 4) is 11.6 Å². The lowest BCUT2D eigenvalue weighted by Crippen LogP contribution is -2.04. The van der Waals surface area contributed by atoms with Gasteiger partial charge in [0.15, 0.2) is 11.5 Å². The zero-order chi connectivity index (χ0) is 22.9. The van der Waals surface area contributed by atoms with Crippen LogP contribution in [0, 0.1) is 0 Å². The highest BCUT2D eigenvalue weighted by Crippen LogP contribution is 2.36. The van der Waals surface area contributed by atoms with Gasteiger partial charge < -0.3 is 5.11 Å². The molecule has 0 aliphatic heterocycles. The van der Waals surface area contributed by atoms with Gasteiger partial charge in [0.05, 0.1) is 28.0 Å². The molecule has 0 radical (unpaired) electrons. The maximum absolute atomic E-state index is 11.7. The number of rotatable bonds is 4. The number of aliphatic imine (C=N–C) groups is 1. The molecule has 3 heterocycles. The number of hydrogen-bond acceptors (Lipinski definition) is 5. The van der Waals surface area contributed by atoms with E-state index in [0.29, 0.717) is 28.3 Å². The predicted molar refractivity (Wildman–Crippen MR) is 134 cm³/mol. The van der Waals surface area contributed by atoms with E-state index in [-0.39, 0.29) is 5.88 Å². The minimum Gasteiger partial charge on any atom is -0.494 e. The van der Waals surface area contributed by atoms with Crippen molar-refractivity contribution in [1.29, 1.82) is 0 Å². The SMILES string of the molecule is Oc1c(/C(=N/c2ccccn2)c2ccccc2)c2nc3ccccc3nc2n1-c1ccccc1. The molecule has 34 heavy (non-hydrogen) atoms. The fourth-order valence-electron chi connectivity index (χ4n) is 4.07. The molecule has 6 nitrogen and oxygen atoms in total. The van der Waals surface area contributed by atoms with Crippen LogP contribution in [0.2, 0.25) is 0 Å². The molecule has 3 aromatic carbocycles. The molecule has 0 unspecified atom stereocenters. The average Bonchev–Trinajstić information content (AvgIpc) is 3.18. The van der Waals surface area contributed by atoms with Gasteiger partial charge in [0.2, 0.25) is 5.88 Å². The molecule has 0 bridgehead atoms. The molecule has 6 rings (SSSR count). The standard InChI is InChI=1S/C28H19N5O/c34-28-24(25(19-11-3-1-4-12-19)32-23-17-9-10-18-29-23)26-27(33(28)20-13-5-2-6-14-20)31-22-16-8-7-15-21(22)30-26/h1-18,34H/b32-25+. The second-order valence-electron chi connectivity index (χ2n) is 7.77. The molecule has 0 aliphatic rings. The zero-order valence-electron chi connectivity index (χ0n) is 18.1. The highest BCUT2D eigenvalue weighted by atomic mass is 16.3. The maximum atomic E-state index is 11.7. The van der Waals surface area contributed by atoms with E-state index in [1.165, 1.54) is 0 Å². The Kier molecular flexibility index (Phi) is 4.81. The summed E-state index contributed by atoms with van der Waals surface area (Å²) < 4.78 is 1.72. The molecule has 0 saturated carbocycles. The normalized spacial score (nSPS) is 11.8. The minimum absolute atomic E-state index is 0.0232. The lowest BCUT2D eigenvalue weighted by molar-refractivity contribution is 0.444. The van der Waals surface area contributed by atoms with Crippen LogP contribution in [0.5, 0.6) is 5.88 Å². The summed E-state index contributed by atoms with van der Waals surface area (Å²) in [5.74, 6) is 0.560. The van der Waals surface area contributed by atoms with Gasteiger partial charge in [0.1, 0.15) is 5.52 Å². The number of hydrogen-bond donors (Lipinski definition) is 1. The molecule has 0 saturated heterocycles. The first kappa shape index (κ1) is 19.8. The van der Waals surface area contributed by atoms with Crippen molar-refractivity contribution in [3.63, 3.8) is 0 Å². The number of pyridine rings is 1. The Bertz CT molecular complexity index is 1640. The van der Waals surface area contributed by atoms with Crippen molar-refractivity contribution < 1.29 is 5.11 Å². The number of aromatic hydroxyl groups is 1. The molecule has 0 amide bonds. The van der Waals surface area contributed by atoms with Crippen molar-refractivity contribution >= 4 is 33.7 Å². The van der Waals surface area contributed by atoms with Crippen LogP contribution in [0.1, 0.15) is 11.1 Å². The Hall–Kier alpha value is -4.84. The number of para-hydroxylation sites is 3. The monoisotopic (exact) mass is 441 g/mol. The third-order valence-corrected chi connectivity index (χ3v) is 5.61. The number of fused-ring (bicyclic) bond motifs is 2. The first-order valence-corrected chi connectivity index (χ1v) is 10.9. The first-order valence-electron chi connectivity index (χ1n) is 10.9. The van der Waals surface area contributed by atoms with Gasteiger partial charge in [-0.2, -0.15) is 0 Å². The molecule has 0 atom stereocenters. The van der Waals surface area contributed by atoms with Gasteiger partial charge in [0.25, 0.3) is 0 Å². The van der Waals surface area contributed by atoms with Crippen molar-refractivity contribution in [2.75, 3.05) is 0 Å². The Morgan fingerprint density at radius 2 is 1.35 bits per heavy atom. The highest BCUT2D eigenvalue weighted by Gasteiger charge is 2.26. The zero-order valence-corrected chi connectivity index (χ0v) is 18.1. The molecule has 6 aromatic rings. The summed E-state index contributed by atoms with van der Waals surface area (Å²) in [6, 6.07) is 32.6. The molecular formula is C28H19N5O. The Labute approximate surface area is 195 Å². The van der Waals surface area contributed by atoms with Gasteiger partial charge in [-0.05, 0) is 36.4 Å². The number of nitrogens with zero attached hydrogens (tertiary/aromatic N) is 5. The van der Waals surface area contributed by atoms with E-state index >= 15 is 0 Å². The van der Waals surface area contributed by atoms with Crippen LogP contribution in [0.15, 0.2) is 114 Å². The van der Waals surface area contributed by atoms with E-state index in [0.717, 1.165) is 22.3 Å². The summed E-state index contributed by atoms with van der Waals surface area (Å²) in [5, 5.41) is 11.7. The van der Waals surface area contributed by atoms with Crippen LogP contribution in [-0.4, -0.2) is 30.3 Å². The van der Waals surface area contributed by atoms with Crippen molar-refractivity contribution in [1.82, 2.24) is 19.5 Å². The first-order chi connectivity index (χ1) is 16.8. The molecule has 0 fully saturated rings. The Balaban J connectivity index is 1.74. The number of benzene rings is 3. The van der Waals surface area contributed by atoms with Gasteiger partial charge in [-0.3, -0.25) is 4.57 Å². The second-order valence-corrected chi connectivity index (χ2v) is 7.77. The maximum Gasteiger partial charge on any atom is 0.209 e. The van der Waals surface area contributed by atoms with E-state index in [4.69, 9.17) is 15.0 Å². The highest BCUT2D eigenvalue weighted by molar-refractivity contribution is 6.21. The molecule has 0 aliphatic carbocycles. The minimum atomic E-state index is 0.0232. The molecule has 162 valence electrons. The number of aromatic nitrogens is 4. The summed E-state index contributed by atoms with van der Waals surface area (Å²) in [5.41, 5.74) is 5.32. The summed E-state index contributed by atoms with van der Waals surface area (Å²) in [4.78, 5) is 19.1. The van der Waals surface area contributed by atoms with E-state index in [2.05, 4.69) is 4.98 Å². The molecule has 6 heteroatoms. The van der Waals surface area contributed by atoms with E-state index in [1.807, 2.05) is 103 Å². The second kappa shape index (κ2) is 8.26. The van der Waals surface area contributed by atoms with Crippen LogP contribution < -0.4 is 0 Å². The molecule has 3 aromatic heterocycles. The van der Waals surface area contributed by atoms with Crippen LogP contribution in [0.4, 0.5) is 5.82 Å². The lowest BCUT2D eigenvalue weighted by atomic mass is 10.0. The van der Waals surface area contributed by atoms with Crippen molar-refractivity contribution in [2.45, 2.75) is 0 Å². The quantitative estimate of drug-likeness (QED) is 0.349. The van der Waals surface area contributed by atoms with Crippen LogP contribution in [-0.2, 0) is 0 Å². The molecule has 1 N–H and O–H groups in total. The van der Waals surface area contributed by atoms with Gasteiger partial charge in [-0.15, -0.1) is 0 Å². The predicted octanol–water partition coefficient (Wildman–Crippen LogP) is 5.84. The Morgan fingerprint density at radius 3 is 2.06 bits per heavy atom. The summed E-state index contributed by atoms with van der Waals surface area (Å²) >= 11 is 0. The fraction of sp³-hybridized carbons (Fsp3) is 0. The van der Waals surface area contributed by atoms with E-state index < -0.39 is 0 Å². The Morgan fingerprint density at radius 1 is 0.706 bits per heavy atom. The van der Waals surface area contributed by atoms with Crippen LogP contribution in [0.25, 0.3) is 27.9 Å². The average molecular weight is 441 g/mol. The molecule has 0 spiro atoms. The third-order valence-electron chi connectivity index (χ3n) is 5.61. The lowest BCUT2D eigenvalue weighted by Gasteiger charge is -2.08. The summed E-state index contributed by atoms with van der Waals surface area (Å²) in [7, 11) is 0. The van der Waals surface area contributed by atoms with E-state index in [9.17, 15) is 5.11 Å². The van der Waals surface area contributed by atoms with Gasteiger partial charge in [0, 0.05) is 11.8 Å². The van der Waals surface area contributed by atoms with Crippen LogP contribution in [0.3, 0.4) is 0 Å². The largest absolute Gasteiger partial charge is 0.494 e. The van der Waals surface area contributed by atoms with E-state index in [1.54, 1.807) is 10.8 Å². The summed E-state index contributed by atoms with van der Waals surface area (Å²) in [6.45, 7) is 0. The van der Waals surface area contributed by atoms with Crippen molar-refractivity contribution in [2.24, 2.45) is 4.99 Å². The van der Waals surface area contributed by atoms with Gasteiger partial charge in [-0.25, -0.2) is 19.9 Å². The third kappa shape index (κ3) is 3.38. The fourth-order valence-corrected chi connectivity index (χ4v) is 4.07.